The van der Waals surface area contributed by atoms with Gasteiger partial charge in [0.1, 0.15) is 11.6 Å². The third kappa shape index (κ3) is 3.31. The summed E-state index contributed by atoms with van der Waals surface area (Å²) in [5.74, 6) is -0.638. The molecule has 0 bridgehead atoms. The van der Waals surface area contributed by atoms with Crippen LogP contribution in [0.15, 0.2) is 53.5 Å². The third-order valence-electron chi connectivity index (χ3n) is 3.88. The topological polar surface area (TPSA) is 82.3 Å². The zero-order chi connectivity index (χ0) is 16.2. The maximum atomic E-state index is 12.4. The zero-order valence-electron chi connectivity index (χ0n) is 12.5. The van der Waals surface area contributed by atoms with E-state index in [1.807, 2.05) is 30.3 Å². The largest absolute Gasteiger partial charge is 0.340 e. The first-order valence-corrected chi connectivity index (χ1v) is 7.46. The monoisotopic (exact) mass is 311 g/mol. The number of amides is 2. The first kappa shape index (κ1) is 15.0. The van der Waals surface area contributed by atoms with Crippen molar-refractivity contribution in [2.24, 2.45) is 0 Å². The average molecular weight is 311 g/mol. The van der Waals surface area contributed by atoms with E-state index in [9.17, 15) is 14.4 Å². The number of carbonyl (C=O) groups excluding carboxylic acids is 2. The minimum absolute atomic E-state index is 0.0156. The summed E-state index contributed by atoms with van der Waals surface area (Å²) in [4.78, 5) is 40.3. The lowest BCUT2D eigenvalue weighted by Gasteiger charge is -2.17. The lowest BCUT2D eigenvalue weighted by atomic mass is 10.2. The van der Waals surface area contributed by atoms with Crippen molar-refractivity contribution >= 4 is 11.8 Å². The fourth-order valence-corrected chi connectivity index (χ4v) is 2.67. The highest BCUT2D eigenvalue weighted by Crippen LogP contribution is 2.15. The van der Waals surface area contributed by atoms with Crippen LogP contribution in [-0.4, -0.2) is 34.3 Å². The molecule has 0 radical (unpaired) electrons. The van der Waals surface area contributed by atoms with E-state index in [-0.39, 0.29) is 11.5 Å². The predicted octanol–water partition coefficient (Wildman–Crippen LogP) is 0.906. The number of likely N-dealkylation sites (tertiary alicyclic amines) is 1. The third-order valence-corrected chi connectivity index (χ3v) is 3.88. The second kappa shape index (κ2) is 6.48. The van der Waals surface area contributed by atoms with Gasteiger partial charge >= 0.3 is 0 Å². The summed E-state index contributed by atoms with van der Waals surface area (Å²) in [6.45, 7) is 1.11. The van der Waals surface area contributed by atoms with Crippen LogP contribution in [0, 0.1) is 0 Å². The highest BCUT2D eigenvalue weighted by Gasteiger charge is 2.33. The Morgan fingerprint density at radius 1 is 1.17 bits per heavy atom. The van der Waals surface area contributed by atoms with Crippen LogP contribution in [0.1, 0.15) is 22.3 Å². The normalized spacial score (nSPS) is 17.3. The van der Waals surface area contributed by atoms with E-state index in [2.05, 4.69) is 10.3 Å². The molecule has 0 spiro atoms. The fourth-order valence-electron chi connectivity index (χ4n) is 2.67. The van der Waals surface area contributed by atoms with Crippen molar-refractivity contribution in [2.75, 3.05) is 6.54 Å². The predicted molar refractivity (Wildman–Crippen MR) is 84.8 cm³/mol. The van der Waals surface area contributed by atoms with Crippen LogP contribution in [0.25, 0.3) is 0 Å². The molecule has 3 rings (SSSR count). The number of rotatable bonds is 4. The van der Waals surface area contributed by atoms with Gasteiger partial charge in [0.05, 0.1) is 0 Å². The van der Waals surface area contributed by atoms with Gasteiger partial charge in [-0.3, -0.25) is 14.4 Å². The second-order valence-corrected chi connectivity index (χ2v) is 5.47. The van der Waals surface area contributed by atoms with Gasteiger partial charge in [0.2, 0.25) is 5.91 Å². The number of H-pyrrole nitrogens is 1. The summed E-state index contributed by atoms with van der Waals surface area (Å²) in [5.41, 5.74) is 0.603. The Hall–Kier alpha value is -2.89. The molecule has 1 aliphatic heterocycles. The molecule has 1 fully saturated rings. The molecule has 2 amide bonds. The maximum absolute atomic E-state index is 12.4. The summed E-state index contributed by atoms with van der Waals surface area (Å²) >= 11 is 0. The summed E-state index contributed by atoms with van der Waals surface area (Å²) < 4.78 is 0. The van der Waals surface area contributed by atoms with E-state index in [1.165, 1.54) is 12.3 Å². The number of aromatic amines is 1. The molecular formula is C17H17N3O3. The summed E-state index contributed by atoms with van der Waals surface area (Å²) in [6.07, 6.45) is 2.00. The number of pyridine rings is 1. The van der Waals surface area contributed by atoms with Crippen LogP contribution in [0.5, 0.6) is 0 Å². The lowest BCUT2D eigenvalue weighted by molar-refractivity contribution is -0.129. The molecule has 2 N–H and O–H groups in total. The molecule has 23 heavy (non-hydrogen) atoms. The number of aromatic nitrogens is 1. The molecule has 0 aliphatic carbocycles. The van der Waals surface area contributed by atoms with Crippen molar-refractivity contribution in [1.29, 1.82) is 0 Å². The molecule has 2 heterocycles. The first-order valence-electron chi connectivity index (χ1n) is 7.46. The van der Waals surface area contributed by atoms with Crippen molar-refractivity contribution < 1.29 is 9.59 Å². The van der Waals surface area contributed by atoms with Gasteiger partial charge in [-0.2, -0.15) is 0 Å². The Morgan fingerprint density at radius 2 is 1.96 bits per heavy atom. The van der Waals surface area contributed by atoms with Gasteiger partial charge < -0.3 is 15.2 Å². The van der Waals surface area contributed by atoms with Crippen molar-refractivity contribution in [1.82, 2.24) is 15.2 Å². The van der Waals surface area contributed by atoms with Crippen LogP contribution in [0.4, 0.5) is 0 Å². The van der Waals surface area contributed by atoms with E-state index >= 15 is 0 Å². The Kier molecular flexibility index (Phi) is 4.23. The summed E-state index contributed by atoms with van der Waals surface area (Å²) in [5, 5.41) is 2.65. The molecule has 1 saturated heterocycles. The highest BCUT2D eigenvalue weighted by molar-refractivity contribution is 5.97. The van der Waals surface area contributed by atoms with E-state index in [1.54, 1.807) is 11.0 Å². The Balaban J connectivity index is 1.64. The van der Waals surface area contributed by atoms with Gasteiger partial charge in [-0.25, -0.2) is 0 Å². The number of nitrogens with zero attached hydrogens (tertiary/aromatic N) is 1. The summed E-state index contributed by atoms with van der Waals surface area (Å²) in [6, 6.07) is 12.1. The van der Waals surface area contributed by atoms with Crippen LogP contribution >= 0.6 is 0 Å². The SMILES string of the molecule is O=C(NC1CCN(Cc2ccccc2)C1=O)c1ccc[nH]c1=O. The molecule has 0 saturated carbocycles. The highest BCUT2D eigenvalue weighted by atomic mass is 16.2. The van der Waals surface area contributed by atoms with Gasteiger partial charge in [-0.15, -0.1) is 0 Å². The number of carbonyl (C=O) groups is 2. The smallest absolute Gasteiger partial charge is 0.260 e. The molecule has 2 aromatic rings. The molecule has 1 atom stereocenters. The van der Waals surface area contributed by atoms with Gasteiger partial charge in [0.15, 0.2) is 0 Å². The molecule has 1 aromatic heterocycles. The van der Waals surface area contributed by atoms with Crippen molar-refractivity contribution in [3.8, 4) is 0 Å². The lowest BCUT2D eigenvalue weighted by Crippen LogP contribution is -2.42. The minimum Gasteiger partial charge on any atom is -0.340 e. The standard InChI is InChI=1S/C17H17N3O3/c21-15-13(7-4-9-18-15)16(22)19-14-8-10-20(17(14)23)11-12-5-2-1-3-6-12/h1-7,9,14H,8,10-11H2,(H,18,21)(H,19,22). The fraction of sp³-hybridized carbons (Fsp3) is 0.235. The van der Waals surface area contributed by atoms with Crippen molar-refractivity contribution in [3.05, 3.63) is 70.1 Å². The number of benzene rings is 1. The second-order valence-electron chi connectivity index (χ2n) is 5.47. The van der Waals surface area contributed by atoms with Crippen LogP contribution in [0.2, 0.25) is 0 Å². The van der Waals surface area contributed by atoms with E-state index in [4.69, 9.17) is 0 Å². The first-order chi connectivity index (χ1) is 11.1. The van der Waals surface area contributed by atoms with Gasteiger partial charge in [-0.05, 0) is 24.1 Å². The summed E-state index contributed by atoms with van der Waals surface area (Å²) in [7, 11) is 0. The Morgan fingerprint density at radius 3 is 2.70 bits per heavy atom. The van der Waals surface area contributed by atoms with E-state index in [0.717, 1.165) is 5.56 Å². The van der Waals surface area contributed by atoms with Crippen LogP contribution in [-0.2, 0) is 11.3 Å². The minimum atomic E-state index is -0.578. The molecular weight excluding hydrogens is 294 g/mol. The number of hydrogen-bond donors (Lipinski definition) is 2. The Labute approximate surface area is 133 Å². The molecule has 1 unspecified atom stereocenters. The number of nitrogens with one attached hydrogen (secondary N) is 2. The van der Waals surface area contributed by atoms with Crippen molar-refractivity contribution in [2.45, 2.75) is 19.0 Å². The van der Waals surface area contributed by atoms with Crippen LogP contribution in [0.3, 0.4) is 0 Å². The quantitative estimate of drug-likeness (QED) is 0.880. The molecule has 6 nitrogen and oxygen atoms in total. The van der Waals surface area contributed by atoms with E-state index in [0.29, 0.717) is 19.5 Å². The molecule has 1 aliphatic rings. The Bertz CT molecular complexity index is 770. The molecule has 1 aromatic carbocycles. The van der Waals surface area contributed by atoms with Crippen LogP contribution < -0.4 is 10.9 Å². The van der Waals surface area contributed by atoms with Gasteiger partial charge in [-0.1, -0.05) is 30.3 Å². The molecule has 118 valence electrons. The molecule has 6 heteroatoms. The van der Waals surface area contributed by atoms with Gasteiger partial charge in [0, 0.05) is 19.3 Å². The van der Waals surface area contributed by atoms with Crippen molar-refractivity contribution in [3.63, 3.8) is 0 Å². The average Bonchev–Trinajstić information content (AvgIpc) is 2.89. The number of hydrogen-bond acceptors (Lipinski definition) is 3. The zero-order valence-corrected chi connectivity index (χ0v) is 12.5. The van der Waals surface area contributed by atoms with Gasteiger partial charge in [0.25, 0.3) is 11.5 Å². The van der Waals surface area contributed by atoms with E-state index < -0.39 is 17.5 Å². The maximum Gasteiger partial charge on any atom is 0.260 e.